The number of benzene rings is 1. The summed E-state index contributed by atoms with van der Waals surface area (Å²) in [5, 5.41) is 4.38. The molecule has 0 spiro atoms. The smallest absolute Gasteiger partial charge is 0.274 e. The van der Waals surface area contributed by atoms with Crippen LogP contribution in [0.3, 0.4) is 0 Å². The molecule has 4 aromatic rings. The van der Waals surface area contributed by atoms with Crippen molar-refractivity contribution >= 4 is 11.6 Å². The van der Waals surface area contributed by atoms with Gasteiger partial charge in [-0.05, 0) is 39.2 Å². The predicted molar refractivity (Wildman–Crippen MR) is 138 cm³/mol. The number of aryl methyl sites for hydroxylation is 1. The minimum atomic E-state index is -0.432. The normalized spacial score (nSPS) is 11.4. The lowest BCUT2D eigenvalue weighted by atomic mass is 10.1. The van der Waals surface area contributed by atoms with Crippen LogP contribution in [-0.4, -0.2) is 76.2 Å². The Morgan fingerprint density at radius 1 is 1.11 bits per heavy atom. The molecule has 0 saturated carbocycles. The molecule has 0 radical (unpaired) electrons. The summed E-state index contributed by atoms with van der Waals surface area (Å²) in [7, 11) is 9.28. The summed E-state index contributed by atoms with van der Waals surface area (Å²) in [6, 6.07) is 8.79. The lowest BCUT2D eigenvalue weighted by molar-refractivity contribution is 0.0820. The van der Waals surface area contributed by atoms with Crippen LogP contribution in [0.2, 0.25) is 0 Å². The number of para-hydroxylation sites is 1. The topological polar surface area (TPSA) is 67.9 Å². The highest BCUT2D eigenvalue weighted by molar-refractivity contribution is 5.93. The molecule has 0 unspecified atom stereocenters. The molecule has 0 aliphatic rings. The maximum absolute atomic E-state index is 15.0. The van der Waals surface area contributed by atoms with Gasteiger partial charge in [0, 0.05) is 81.0 Å². The summed E-state index contributed by atoms with van der Waals surface area (Å²) in [5.74, 6) is -0.411. The minimum Gasteiger partial charge on any atom is -0.490 e. The number of hydrogen-bond acceptors (Lipinski definition) is 5. The highest BCUT2D eigenvalue weighted by Gasteiger charge is 2.21. The van der Waals surface area contributed by atoms with Gasteiger partial charge in [-0.1, -0.05) is 12.1 Å². The van der Waals surface area contributed by atoms with Crippen molar-refractivity contribution in [2.24, 2.45) is 7.05 Å². The van der Waals surface area contributed by atoms with Crippen LogP contribution in [-0.2, 0) is 19.9 Å². The number of pyridine rings is 1. The van der Waals surface area contributed by atoms with E-state index >= 15 is 0 Å². The van der Waals surface area contributed by atoms with Gasteiger partial charge in [0.1, 0.15) is 5.65 Å². The Bertz CT molecular complexity index is 1390. The number of nitrogens with zero attached hydrogens (tertiary/aromatic N) is 6. The zero-order valence-corrected chi connectivity index (χ0v) is 21.7. The molecule has 0 bridgehead atoms. The Hall–Kier alpha value is -3.72. The third-order valence-electron chi connectivity index (χ3n) is 6.34. The first-order valence-electron chi connectivity index (χ1n) is 11.9. The van der Waals surface area contributed by atoms with E-state index in [-0.39, 0.29) is 18.3 Å². The van der Waals surface area contributed by atoms with E-state index in [1.807, 2.05) is 56.0 Å². The van der Waals surface area contributed by atoms with Crippen LogP contribution in [0.15, 0.2) is 42.7 Å². The van der Waals surface area contributed by atoms with E-state index in [9.17, 15) is 9.18 Å². The van der Waals surface area contributed by atoms with E-state index in [4.69, 9.17) is 4.74 Å². The summed E-state index contributed by atoms with van der Waals surface area (Å²) in [6.07, 6.45) is 5.14. The maximum Gasteiger partial charge on any atom is 0.274 e. The van der Waals surface area contributed by atoms with Gasteiger partial charge >= 0.3 is 0 Å². The molecule has 0 N–H and O–H groups in total. The quantitative estimate of drug-likeness (QED) is 0.357. The number of likely N-dealkylation sites (N-methyl/N-ethyl adjacent to an activating group) is 1. The number of amides is 1. The van der Waals surface area contributed by atoms with E-state index in [2.05, 4.69) is 15.0 Å². The van der Waals surface area contributed by atoms with Gasteiger partial charge in [0.2, 0.25) is 0 Å². The molecule has 8 nitrogen and oxygen atoms in total. The number of ether oxygens (including phenoxy) is 1. The first kappa shape index (κ1) is 25.4. The molecule has 0 saturated heterocycles. The second kappa shape index (κ2) is 10.5. The fraction of sp³-hybridized carbons (Fsp3) is 0.370. The average Bonchev–Trinajstić information content (AvgIpc) is 3.38. The second-order valence-corrected chi connectivity index (χ2v) is 9.40. The zero-order valence-electron chi connectivity index (χ0n) is 21.7. The molecular weight excluding hydrogens is 459 g/mol. The van der Waals surface area contributed by atoms with Crippen molar-refractivity contribution in [1.29, 1.82) is 0 Å². The molecule has 9 heteroatoms. The van der Waals surface area contributed by atoms with Gasteiger partial charge in [-0.15, -0.1) is 0 Å². The van der Waals surface area contributed by atoms with Crippen LogP contribution in [0.25, 0.3) is 16.8 Å². The summed E-state index contributed by atoms with van der Waals surface area (Å²) in [5.41, 5.74) is 5.51. The molecule has 0 aliphatic carbocycles. The Kier molecular flexibility index (Phi) is 7.40. The predicted octanol–water partition coefficient (Wildman–Crippen LogP) is 3.61. The summed E-state index contributed by atoms with van der Waals surface area (Å²) in [6.45, 7) is 3.02. The van der Waals surface area contributed by atoms with Crippen molar-refractivity contribution in [3.05, 3.63) is 71.2 Å². The van der Waals surface area contributed by atoms with Crippen molar-refractivity contribution in [1.82, 2.24) is 29.0 Å². The summed E-state index contributed by atoms with van der Waals surface area (Å²) >= 11 is 0. The van der Waals surface area contributed by atoms with Gasteiger partial charge in [-0.2, -0.15) is 5.10 Å². The highest BCUT2D eigenvalue weighted by atomic mass is 19.1. The molecule has 1 amide bonds. The van der Waals surface area contributed by atoms with Gasteiger partial charge in [-0.3, -0.25) is 9.48 Å². The van der Waals surface area contributed by atoms with E-state index in [1.165, 1.54) is 11.0 Å². The molecular formula is C27H33FN6O2. The monoisotopic (exact) mass is 492 g/mol. The molecule has 3 heterocycles. The van der Waals surface area contributed by atoms with Gasteiger partial charge in [-0.25, -0.2) is 9.37 Å². The van der Waals surface area contributed by atoms with Crippen molar-refractivity contribution in [2.45, 2.75) is 19.8 Å². The lowest BCUT2D eigenvalue weighted by Gasteiger charge is -2.14. The first-order valence-corrected chi connectivity index (χ1v) is 11.9. The van der Waals surface area contributed by atoms with Crippen LogP contribution in [0.1, 0.15) is 27.4 Å². The number of rotatable bonds is 9. The SMILES string of the molecule is Cc1c(CCOc2c(F)cccc2-c2ccc3ncc(CCN(C)C)n3c2)c(C(=O)N(C)C)nn1C. The first-order chi connectivity index (χ1) is 17.2. The number of carbonyl (C=O) groups is 1. The standard InChI is InChI=1S/C27H33FN6O2/c1-18-21(25(30-33(18)6)27(35)32(4)5)13-15-36-26-22(8-7-9-23(26)28)19-10-11-24-29-16-20(34(24)17-19)12-14-31(2)3/h7-11,16-17H,12-15H2,1-6H3. The van der Waals surface area contributed by atoms with Crippen LogP contribution < -0.4 is 4.74 Å². The lowest BCUT2D eigenvalue weighted by Crippen LogP contribution is -2.23. The van der Waals surface area contributed by atoms with Gasteiger partial charge < -0.3 is 18.9 Å². The number of fused-ring (bicyclic) bond motifs is 1. The molecule has 190 valence electrons. The Labute approximate surface area is 210 Å². The summed E-state index contributed by atoms with van der Waals surface area (Å²) in [4.78, 5) is 20.7. The van der Waals surface area contributed by atoms with Crippen LogP contribution in [0.5, 0.6) is 5.75 Å². The average molecular weight is 493 g/mol. The molecule has 0 atom stereocenters. The largest absolute Gasteiger partial charge is 0.490 e. The van der Waals surface area contributed by atoms with Crippen molar-refractivity contribution in [3.8, 4) is 16.9 Å². The number of aromatic nitrogens is 4. The molecule has 4 rings (SSSR count). The van der Waals surface area contributed by atoms with E-state index in [0.29, 0.717) is 17.7 Å². The maximum atomic E-state index is 15.0. The Morgan fingerprint density at radius 3 is 2.61 bits per heavy atom. The van der Waals surface area contributed by atoms with Gasteiger partial charge in [0.05, 0.1) is 6.61 Å². The highest BCUT2D eigenvalue weighted by Crippen LogP contribution is 2.33. The van der Waals surface area contributed by atoms with Crippen LogP contribution in [0, 0.1) is 12.7 Å². The van der Waals surface area contributed by atoms with E-state index in [0.717, 1.165) is 41.1 Å². The Balaban J connectivity index is 1.60. The molecule has 36 heavy (non-hydrogen) atoms. The molecule has 3 aromatic heterocycles. The fourth-order valence-electron chi connectivity index (χ4n) is 4.19. The van der Waals surface area contributed by atoms with Crippen molar-refractivity contribution in [2.75, 3.05) is 41.3 Å². The van der Waals surface area contributed by atoms with Crippen LogP contribution >= 0.6 is 0 Å². The number of hydrogen-bond donors (Lipinski definition) is 0. The fourth-order valence-corrected chi connectivity index (χ4v) is 4.19. The van der Waals surface area contributed by atoms with Crippen molar-refractivity contribution < 1.29 is 13.9 Å². The minimum absolute atomic E-state index is 0.168. The van der Waals surface area contributed by atoms with Crippen molar-refractivity contribution in [3.63, 3.8) is 0 Å². The Morgan fingerprint density at radius 2 is 1.89 bits per heavy atom. The third-order valence-corrected chi connectivity index (χ3v) is 6.34. The molecule has 1 aromatic carbocycles. The number of carbonyl (C=O) groups excluding carboxylic acids is 1. The second-order valence-electron chi connectivity index (χ2n) is 9.40. The zero-order chi connectivity index (χ0) is 26.0. The van der Waals surface area contributed by atoms with E-state index < -0.39 is 5.82 Å². The van der Waals surface area contributed by atoms with Gasteiger partial charge in [0.25, 0.3) is 5.91 Å². The van der Waals surface area contributed by atoms with E-state index in [1.54, 1.807) is 31.9 Å². The summed E-state index contributed by atoms with van der Waals surface area (Å²) < 4.78 is 24.7. The molecule has 0 aliphatic heterocycles. The number of imidazole rings is 1. The number of halogens is 1. The third kappa shape index (κ3) is 5.11. The van der Waals surface area contributed by atoms with Crippen LogP contribution in [0.4, 0.5) is 4.39 Å². The molecule has 0 fully saturated rings. The van der Waals surface area contributed by atoms with Gasteiger partial charge in [0.15, 0.2) is 17.3 Å².